The Morgan fingerprint density at radius 2 is 1.84 bits per heavy atom. The zero-order valence-corrected chi connectivity index (χ0v) is 12.6. The quantitative estimate of drug-likeness (QED) is 0.886. The molecule has 0 heterocycles. The SMILES string of the molecule is CCOC1CC(CN)(N(C)c2cc(C)cc(C)c2)C1. The molecule has 0 amide bonds. The lowest BCUT2D eigenvalue weighted by Gasteiger charge is -2.53. The Bertz CT molecular complexity index is 418. The second kappa shape index (κ2) is 5.51. The molecule has 0 unspecified atom stereocenters. The highest BCUT2D eigenvalue weighted by atomic mass is 16.5. The van der Waals surface area contributed by atoms with Crippen LogP contribution in [0.5, 0.6) is 0 Å². The van der Waals surface area contributed by atoms with Crippen molar-refractivity contribution in [3.8, 4) is 0 Å². The second-order valence-electron chi connectivity index (χ2n) is 5.82. The van der Waals surface area contributed by atoms with Gasteiger partial charge in [0.25, 0.3) is 0 Å². The second-order valence-corrected chi connectivity index (χ2v) is 5.82. The van der Waals surface area contributed by atoms with Crippen LogP contribution in [0, 0.1) is 13.8 Å². The molecule has 106 valence electrons. The standard InChI is InChI=1S/C16H26N2O/c1-5-19-15-9-16(10-15,11-17)18(4)14-7-12(2)6-13(3)8-14/h6-8,15H,5,9-11,17H2,1-4H3. The van der Waals surface area contributed by atoms with Gasteiger partial charge in [0.1, 0.15) is 0 Å². The monoisotopic (exact) mass is 262 g/mol. The highest BCUT2D eigenvalue weighted by Gasteiger charge is 2.47. The maximum Gasteiger partial charge on any atom is 0.0620 e. The van der Waals surface area contributed by atoms with Crippen molar-refractivity contribution >= 4 is 5.69 Å². The molecule has 0 saturated heterocycles. The predicted molar refractivity (Wildman–Crippen MR) is 80.8 cm³/mol. The van der Waals surface area contributed by atoms with E-state index in [-0.39, 0.29) is 5.54 Å². The Morgan fingerprint density at radius 3 is 2.32 bits per heavy atom. The van der Waals surface area contributed by atoms with E-state index in [0.29, 0.717) is 12.6 Å². The van der Waals surface area contributed by atoms with Crippen molar-refractivity contribution in [1.29, 1.82) is 0 Å². The minimum atomic E-state index is 0.0695. The number of anilines is 1. The normalized spacial score (nSPS) is 26.1. The first-order valence-electron chi connectivity index (χ1n) is 7.14. The van der Waals surface area contributed by atoms with E-state index in [2.05, 4.69) is 50.9 Å². The summed E-state index contributed by atoms with van der Waals surface area (Å²) in [6.45, 7) is 7.81. The van der Waals surface area contributed by atoms with Crippen molar-refractivity contribution in [2.24, 2.45) is 5.73 Å². The highest BCUT2D eigenvalue weighted by molar-refractivity contribution is 5.53. The molecule has 0 radical (unpaired) electrons. The largest absolute Gasteiger partial charge is 0.378 e. The topological polar surface area (TPSA) is 38.5 Å². The fraction of sp³-hybridized carbons (Fsp3) is 0.625. The van der Waals surface area contributed by atoms with Crippen LogP contribution in [-0.4, -0.2) is 31.8 Å². The third kappa shape index (κ3) is 2.77. The zero-order valence-electron chi connectivity index (χ0n) is 12.6. The maximum atomic E-state index is 6.04. The summed E-state index contributed by atoms with van der Waals surface area (Å²) < 4.78 is 5.69. The van der Waals surface area contributed by atoms with Crippen LogP contribution in [0.3, 0.4) is 0 Å². The number of likely N-dealkylation sites (N-methyl/N-ethyl adjacent to an activating group) is 1. The molecule has 19 heavy (non-hydrogen) atoms. The summed E-state index contributed by atoms with van der Waals surface area (Å²) in [5, 5.41) is 0. The van der Waals surface area contributed by atoms with Crippen LogP contribution in [0.15, 0.2) is 18.2 Å². The Kier molecular flexibility index (Phi) is 4.16. The van der Waals surface area contributed by atoms with Crippen LogP contribution in [0.25, 0.3) is 0 Å². The molecule has 0 atom stereocenters. The van der Waals surface area contributed by atoms with Gasteiger partial charge in [-0.05, 0) is 56.9 Å². The summed E-state index contributed by atoms with van der Waals surface area (Å²) in [4.78, 5) is 2.35. The molecule has 3 nitrogen and oxygen atoms in total. The molecule has 3 heteroatoms. The van der Waals surface area contributed by atoms with E-state index in [0.717, 1.165) is 19.4 Å². The van der Waals surface area contributed by atoms with Crippen LogP contribution >= 0.6 is 0 Å². The van der Waals surface area contributed by atoms with Crippen LogP contribution < -0.4 is 10.6 Å². The molecular weight excluding hydrogens is 236 g/mol. The number of aryl methyl sites for hydroxylation is 2. The molecule has 2 rings (SSSR count). The van der Waals surface area contributed by atoms with Crippen molar-refractivity contribution in [1.82, 2.24) is 0 Å². The molecule has 0 spiro atoms. The number of nitrogens with two attached hydrogens (primary N) is 1. The van der Waals surface area contributed by atoms with Gasteiger partial charge in [0.05, 0.1) is 11.6 Å². The van der Waals surface area contributed by atoms with Gasteiger partial charge in [0.15, 0.2) is 0 Å². The number of nitrogens with zero attached hydrogens (tertiary/aromatic N) is 1. The summed E-state index contributed by atoms with van der Waals surface area (Å²) in [7, 11) is 2.16. The highest BCUT2D eigenvalue weighted by Crippen LogP contribution is 2.41. The zero-order chi connectivity index (χ0) is 14.0. The van der Waals surface area contributed by atoms with E-state index in [9.17, 15) is 0 Å². The summed E-state index contributed by atoms with van der Waals surface area (Å²) in [5.74, 6) is 0. The van der Waals surface area contributed by atoms with E-state index in [1.807, 2.05) is 0 Å². The lowest BCUT2D eigenvalue weighted by Crippen LogP contribution is -2.63. The molecule has 1 aromatic rings. The van der Waals surface area contributed by atoms with Gasteiger partial charge in [-0.3, -0.25) is 0 Å². The number of benzene rings is 1. The number of ether oxygens (including phenoxy) is 1. The molecule has 2 N–H and O–H groups in total. The Labute approximate surface area is 116 Å². The first-order valence-corrected chi connectivity index (χ1v) is 7.14. The fourth-order valence-electron chi connectivity index (χ4n) is 3.14. The lowest BCUT2D eigenvalue weighted by atomic mass is 9.72. The Balaban J connectivity index is 2.15. The lowest BCUT2D eigenvalue weighted by molar-refractivity contribution is -0.0355. The predicted octanol–water partition coefficient (Wildman–Crippen LogP) is 2.64. The molecule has 0 aromatic heterocycles. The summed E-state index contributed by atoms with van der Waals surface area (Å²) in [6, 6.07) is 6.67. The van der Waals surface area contributed by atoms with Crippen molar-refractivity contribution in [2.75, 3.05) is 25.1 Å². The fourth-order valence-corrected chi connectivity index (χ4v) is 3.14. The number of hydrogen-bond donors (Lipinski definition) is 1. The van der Waals surface area contributed by atoms with Gasteiger partial charge in [-0.25, -0.2) is 0 Å². The van der Waals surface area contributed by atoms with E-state index in [1.54, 1.807) is 0 Å². The first kappa shape index (κ1) is 14.4. The van der Waals surface area contributed by atoms with Crippen LogP contribution in [0.2, 0.25) is 0 Å². The van der Waals surface area contributed by atoms with Gasteiger partial charge < -0.3 is 15.4 Å². The maximum absolute atomic E-state index is 6.04. The average molecular weight is 262 g/mol. The van der Waals surface area contributed by atoms with Crippen molar-refractivity contribution < 1.29 is 4.74 Å². The van der Waals surface area contributed by atoms with Crippen molar-refractivity contribution in [2.45, 2.75) is 45.3 Å². The molecular formula is C16H26N2O. The van der Waals surface area contributed by atoms with E-state index < -0.39 is 0 Å². The molecule has 0 aliphatic heterocycles. The Morgan fingerprint density at radius 1 is 1.26 bits per heavy atom. The minimum Gasteiger partial charge on any atom is -0.378 e. The number of rotatable bonds is 5. The van der Waals surface area contributed by atoms with Gasteiger partial charge in [-0.2, -0.15) is 0 Å². The van der Waals surface area contributed by atoms with Crippen molar-refractivity contribution in [3.05, 3.63) is 29.3 Å². The van der Waals surface area contributed by atoms with Gasteiger partial charge in [0.2, 0.25) is 0 Å². The third-order valence-electron chi connectivity index (χ3n) is 4.30. The molecule has 1 aliphatic carbocycles. The van der Waals surface area contributed by atoms with Crippen LogP contribution in [0.4, 0.5) is 5.69 Å². The van der Waals surface area contributed by atoms with Gasteiger partial charge >= 0.3 is 0 Å². The molecule has 1 aromatic carbocycles. The van der Waals surface area contributed by atoms with Crippen molar-refractivity contribution in [3.63, 3.8) is 0 Å². The third-order valence-corrected chi connectivity index (χ3v) is 4.30. The first-order chi connectivity index (χ1) is 9.00. The molecule has 1 aliphatic rings. The minimum absolute atomic E-state index is 0.0695. The number of hydrogen-bond acceptors (Lipinski definition) is 3. The van der Waals surface area contributed by atoms with Gasteiger partial charge in [0, 0.05) is 25.9 Å². The van der Waals surface area contributed by atoms with E-state index in [4.69, 9.17) is 10.5 Å². The molecule has 1 fully saturated rings. The van der Waals surface area contributed by atoms with Crippen LogP contribution in [-0.2, 0) is 4.74 Å². The average Bonchev–Trinajstić information content (AvgIpc) is 2.31. The smallest absolute Gasteiger partial charge is 0.0620 e. The van der Waals surface area contributed by atoms with E-state index >= 15 is 0 Å². The Hall–Kier alpha value is -1.06. The summed E-state index contributed by atoms with van der Waals surface area (Å²) in [5.41, 5.74) is 9.98. The molecule has 0 bridgehead atoms. The molecule has 1 saturated carbocycles. The van der Waals surface area contributed by atoms with Gasteiger partial charge in [-0.1, -0.05) is 6.07 Å². The summed E-state index contributed by atoms with van der Waals surface area (Å²) >= 11 is 0. The summed E-state index contributed by atoms with van der Waals surface area (Å²) in [6.07, 6.45) is 2.43. The van der Waals surface area contributed by atoms with E-state index in [1.165, 1.54) is 16.8 Å². The van der Waals surface area contributed by atoms with Crippen LogP contribution in [0.1, 0.15) is 30.9 Å². The van der Waals surface area contributed by atoms with Gasteiger partial charge in [-0.15, -0.1) is 0 Å².